The van der Waals surface area contributed by atoms with Crippen molar-refractivity contribution in [3.63, 3.8) is 0 Å². The predicted octanol–water partition coefficient (Wildman–Crippen LogP) is 5.37. The van der Waals surface area contributed by atoms with E-state index in [2.05, 4.69) is 29.2 Å². The third-order valence-corrected chi connectivity index (χ3v) is 6.47. The fourth-order valence-electron chi connectivity index (χ4n) is 4.88. The van der Waals surface area contributed by atoms with Gasteiger partial charge >= 0.3 is 12.1 Å². The van der Waals surface area contributed by atoms with Gasteiger partial charge in [-0.25, -0.2) is 9.59 Å². The number of piperidine rings is 1. The molecule has 2 atom stereocenters. The molecule has 2 aromatic carbocycles. The Morgan fingerprint density at radius 3 is 2.03 bits per heavy atom. The molecule has 1 fully saturated rings. The first-order valence-electron chi connectivity index (χ1n) is 13.2. The molecule has 0 aliphatic carbocycles. The van der Waals surface area contributed by atoms with Gasteiger partial charge in [-0.3, -0.25) is 9.69 Å². The molecule has 0 aromatic heterocycles. The highest BCUT2D eigenvalue weighted by Crippen LogP contribution is 2.30. The quantitative estimate of drug-likeness (QED) is 0.317. The van der Waals surface area contributed by atoms with Gasteiger partial charge < -0.3 is 14.4 Å². The Kier molecular flexibility index (Phi) is 10.3. The van der Waals surface area contributed by atoms with E-state index in [0.717, 1.165) is 12.8 Å². The zero-order valence-electron chi connectivity index (χ0n) is 22.5. The standard InChI is InChI=1S/C30H40N2O5/c1-5-36-28(34)27(33)19-18-26-25(17-12-20-32(26)29(35)37-30(2,3)4)31(21-23-13-8-6-9-14-23)22-24-15-10-7-11-16-24/h6-11,13-16,25-26H,5,12,17-22H2,1-4H3/t25-,26+/m0/s1. The molecule has 3 rings (SSSR count). The van der Waals surface area contributed by atoms with Crippen LogP contribution in [-0.2, 0) is 32.2 Å². The Bertz CT molecular complexity index is 978. The molecule has 37 heavy (non-hydrogen) atoms. The number of Topliss-reactive ketones (excluding diaryl/α,β-unsaturated/α-hetero) is 1. The van der Waals surface area contributed by atoms with E-state index in [4.69, 9.17) is 9.47 Å². The maximum absolute atomic E-state index is 13.3. The average molecular weight is 509 g/mol. The first-order valence-corrected chi connectivity index (χ1v) is 13.2. The van der Waals surface area contributed by atoms with Crippen LogP contribution in [0.1, 0.15) is 64.5 Å². The fourth-order valence-corrected chi connectivity index (χ4v) is 4.88. The molecule has 7 nitrogen and oxygen atoms in total. The van der Waals surface area contributed by atoms with Crippen molar-refractivity contribution in [2.45, 2.75) is 84.2 Å². The van der Waals surface area contributed by atoms with Gasteiger partial charge in [0.2, 0.25) is 5.78 Å². The van der Waals surface area contributed by atoms with Crippen molar-refractivity contribution in [1.82, 2.24) is 9.80 Å². The van der Waals surface area contributed by atoms with Crippen LogP contribution in [0.2, 0.25) is 0 Å². The summed E-state index contributed by atoms with van der Waals surface area (Å²) >= 11 is 0. The lowest BCUT2D eigenvalue weighted by molar-refractivity contribution is -0.153. The van der Waals surface area contributed by atoms with E-state index in [1.165, 1.54) is 11.1 Å². The molecule has 1 amide bonds. The third-order valence-electron chi connectivity index (χ3n) is 6.47. The molecule has 200 valence electrons. The number of hydrogen-bond donors (Lipinski definition) is 0. The molecule has 2 aromatic rings. The Morgan fingerprint density at radius 1 is 0.946 bits per heavy atom. The lowest BCUT2D eigenvalue weighted by Gasteiger charge is -2.46. The van der Waals surface area contributed by atoms with Crippen LogP contribution in [0.15, 0.2) is 60.7 Å². The Hall–Kier alpha value is -3.19. The molecule has 0 unspecified atom stereocenters. The van der Waals surface area contributed by atoms with Crippen molar-refractivity contribution >= 4 is 17.8 Å². The number of nitrogens with zero attached hydrogens (tertiary/aromatic N) is 2. The van der Waals surface area contributed by atoms with E-state index in [0.29, 0.717) is 26.1 Å². The van der Waals surface area contributed by atoms with Gasteiger partial charge in [0, 0.05) is 32.1 Å². The number of carbonyl (C=O) groups is 3. The second kappa shape index (κ2) is 13.4. The van der Waals surface area contributed by atoms with Crippen LogP contribution in [0.5, 0.6) is 0 Å². The first kappa shape index (κ1) is 28.4. The number of carbonyl (C=O) groups excluding carboxylic acids is 3. The largest absolute Gasteiger partial charge is 0.460 e. The smallest absolute Gasteiger partial charge is 0.410 e. The van der Waals surface area contributed by atoms with Gasteiger partial charge in [-0.2, -0.15) is 0 Å². The molecule has 0 bridgehead atoms. The zero-order chi connectivity index (χ0) is 26.8. The van der Waals surface area contributed by atoms with Gasteiger partial charge in [-0.15, -0.1) is 0 Å². The van der Waals surface area contributed by atoms with Gasteiger partial charge in [0.25, 0.3) is 0 Å². The minimum atomic E-state index is -0.816. The number of ketones is 1. The molecule has 1 heterocycles. The maximum Gasteiger partial charge on any atom is 0.410 e. The summed E-state index contributed by atoms with van der Waals surface area (Å²) in [5.41, 5.74) is 1.71. The highest BCUT2D eigenvalue weighted by atomic mass is 16.6. The van der Waals surface area contributed by atoms with Crippen LogP contribution in [0, 0.1) is 0 Å². The van der Waals surface area contributed by atoms with Crippen LogP contribution in [0.3, 0.4) is 0 Å². The maximum atomic E-state index is 13.3. The average Bonchev–Trinajstić information content (AvgIpc) is 2.87. The molecular formula is C30H40N2O5. The molecule has 0 radical (unpaired) electrons. The molecule has 1 aliphatic heterocycles. The van der Waals surface area contributed by atoms with Gasteiger partial charge in [-0.1, -0.05) is 60.7 Å². The SMILES string of the molecule is CCOC(=O)C(=O)CC[C@@H]1[C@@H](N(Cc2ccccc2)Cc2ccccc2)CCCN1C(=O)OC(C)(C)C. The van der Waals surface area contributed by atoms with E-state index < -0.39 is 17.4 Å². The van der Waals surface area contributed by atoms with Crippen LogP contribution in [-0.4, -0.2) is 58.5 Å². The van der Waals surface area contributed by atoms with E-state index in [-0.39, 0.29) is 31.2 Å². The van der Waals surface area contributed by atoms with Crippen LogP contribution < -0.4 is 0 Å². The summed E-state index contributed by atoms with van der Waals surface area (Å²) in [4.78, 5) is 42.0. The second-order valence-corrected chi connectivity index (χ2v) is 10.5. The highest BCUT2D eigenvalue weighted by molar-refractivity contribution is 6.33. The van der Waals surface area contributed by atoms with Crippen molar-refractivity contribution in [3.05, 3.63) is 71.8 Å². The van der Waals surface area contributed by atoms with E-state index in [1.54, 1.807) is 11.8 Å². The van der Waals surface area contributed by atoms with E-state index in [1.807, 2.05) is 57.2 Å². The summed E-state index contributed by atoms with van der Waals surface area (Å²) in [6.45, 7) is 9.33. The summed E-state index contributed by atoms with van der Waals surface area (Å²) in [6.07, 6.45) is 1.69. The van der Waals surface area contributed by atoms with Gasteiger partial charge in [0.05, 0.1) is 12.6 Å². The molecular weight excluding hydrogens is 468 g/mol. The zero-order valence-corrected chi connectivity index (χ0v) is 22.5. The molecule has 1 saturated heterocycles. The number of ether oxygens (including phenoxy) is 2. The fraction of sp³-hybridized carbons (Fsp3) is 0.500. The number of rotatable bonds is 10. The summed E-state index contributed by atoms with van der Waals surface area (Å²) in [5.74, 6) is -1.38. The minimum Gasteiger partial charge on any atom is -0.460 e. The van der Waals surface area contributed by atoms with Crippen molar-refractivity contribution in [3.8, 4) is 0 Å². The minimum absolute atomic E-state index is 0.0170. The Morgan fingerprint density at radius 2 is 1.51 bits per heavy atom. The lowest BCUT2D eigenvalue weighted by Crippen LogP contribution is -2.57. The summed E-state index contributed by atoms with van der Waals surface area (Å²) in [6, 6.07) is 20.2. The first-order chi connectivity index (χ1) is 17.7. The number of esters is 1. The molecule has 0 N–H and O–H groups in total. The van der Waals surface area contributed by atoms with Crippen LogP contribution in [0.25, 0.3) is 0 Å². The van der Waals surface area contributed by atoms with Crippen molar-refractivity contribution in [1.29, 1.82) is 0 Å². The van der Waals surface area contributed by atoms with Crippen LogP contribution >= 0.6 is 0 Å². The third kappa shape index (κ3) is 8.71. The van der Waals surface area contributed by atoms with Gasteiger partial charge in [-0.05, 0) is 58.1 Å². The van der Waals surface area contributed by atoms with Crippen LogP contribution in [0.4, 0.5) is 4.79 Å². The van der Waals surface area contributed by atoms with Gasteiger partial charge in [0.15, 0.2) is 0 Å². The summed E-state index contributed by atoms with van der Waals surface area (Å²) in [5, 5.41) is 0. The summed E-state index contributed by atoms with van der Waals surface area (Å²) < 4.78 is 10.7. The Balaban J connectivity index is 1.91. The Labute approximate surface area is 220 Å². The van der Waals surface area contributed by atoms with Crippen molar-refractivity contribution in [2.75, 3.05) is 13.2 Å². The number of hydrogen-bond acceptors (Lipinski definition) is 6. The summed E-state index contributed by atoms with van der Waals surface area (Å²) in [7, 11) is 0. The van der Waals surface area contributed by atoms with Gasteiger partial charge in [0.1, 0.15) is 5.60 Å². The normalized spacial score (nSPS) is 17.9. The monoisotopic (exact) mass is 508 g/mol. The molecule has 0 spiro atoms. The predicted molar refractivity (Wildman–Crippen MR) is 143 cm³/mol. The number of benzene rings is 2. The van der Waals surface area contributed by atoms with E-state index >= 15 is 0 Å². The lowest BCUT2D eigenvalue weighted by atomic mass is 9.90. The van der Waals surface area contributed by atoms with E-state index in [9.17, 15) is 14.4 Å². The number of likely N-dealkylation sites (tertiary alicyclic amines) is 1. The topological polar surface area (TPSA) is 76.2 Å². The number of amides is 1. The second-order valence-electron chi connectivity index (χ2n) is 10.5. The molecule has 1 aliphatic rings. The molecule has 0 saturated carbocycles. The molecule has 7 heteroatoms. The van der Waals surface area contributed by atoms with Crippen molar-refractivity contribution in [2.24, 2.45) is 0 Å². The van der Waals surface area contributed by atoms with Crippen molar-refractivity contribution < 1.29 is 23.9 Å². The highest BCUT2D eigenvalue weighted by Gasteiger charge is 2.39.